The molecule has 5 nitrogen and oxygen atoms in total. The van der Waals surface area contributed by atoms with Crippen LogP contribution in [0.2, 0.25) is 0 Å². The molecule has 0 fully saturated rings. The van der Waals surface area contributed by atoms with Crippen LogP contribution in [0.15, 0.2) is 82.6 Å². The van der Waals surface area contributed by atoms with Gasteiger partial charge in [0.1, 0.15) is 4.83 Å². The molecule has 1 amide bonds. The van der Waals surface area contributed by atoms with Crippen LogP contribution in [0.1, 0.15) is 5.56 Å². The molecule has 0 aliphatic rings. The first-order chi connectivity index (χ1) is 16.3. The number of rotatable bonds is 7. The molecule has 174 valence electrons. The number of carbonyl (C=O) groups excluding carboxylic acids is 1. The van der Waals surface area contributed by atoms with E-state index in [1.54, 1.807) is 6.08 Å². The van der Waals surface area contributed by atoms with Crippen molar-refractivity contribution in [1.82, 2.24) is 9.55 Å². The summed E-state index contributed by atoms with van der Waals surface area (Å²) >= 11 is 2.37. The van der Waals surface area contributed by atoms with Gasteiger partial charge in [-0.25, -0.2) is 4.98 Å². The molecule has 4 aromatic rings. The molecule has 0 radical (unpaired) electrons. The highest BCUT2D eigenvalue weighted by atomic mass is 32.2. The smallest absolute Gasteiger partial charge is 0.325 e. The summed E-state index contributed by atoms with van der Waals surface area (Å²) < 4.78 is 40.1. The third-order valence-electron chi connectivity index (χ3n) is 4.86. The zero-order chi connectivity index (χ0) is 24.3. The number of carbonyl (C=O) groups is 1. The lowest BCUT2D eigenvalue weighted by Crippen LogP contribution is -2.23. The quantitative estimate of drug-likeness (QED) is 0.190. The van der Waals surface area contributed by atoms with Crippen LogP contribution in [-0.4, -0.2) is 21.2 Å². The fourth-order valence-corrected chi connectivity index (χ4v) is 5.13. The second kappa shape index (κ2) is 9.86. The lowest BCUT2D eigenvalue weighted by molar-refractivity contribution is -0.137. The van der Waals surface area contributed by atoms with Crippen LogP contribution in [0.3, 0.4) is 0 Å². The zero-order valence-electron chi connectivity index (χ0n) is 17.6. The molecule has 4 rings (SSSR count). The Balaban J connectivity index is 1.58. The number of thiophene rings is 1. The van der Waals surface area contributed by atoms with Crippen LogP contribution in [0, 0.1) is 0 Å². The van der Waals surface area contributed by atoms with Gasteiger partial charge in [0.15, 0.2) is 5.16 Å². The van der Waals surface area contributed by atoms with Crippen LogP contribution in [0.25, 0.3) is 21.3 Å². The van der Waals surface area contributed by atoms with Crippen LogP contribution in [0.4, 0.5) is 18.9 Å². The average Bonchev–Trinajstić information content (AvgIpc) is 3.24. The van der Waals surface area contributed by atoms with Gasteiger partial charge in [0.2, 0.25) is 5.91 Å². The summed E-state index contributed by atoms with van der Waals surface area (Å²) in [6.07, 6.45) is -2.94. The van der Waals surface area contributed by atoms with Gasteiger partial charge in [-0.05, 0) is 23.8 Å². The maximum absolute atomic E-state index is 13.3. The number of thioether (sulfide) groups is 1. The van der Waals surface area contributed by atoms with Crippen LogP contribution < -0.4 is 10.9 Å². The molecule has 2 aromatic heterocycles. The molecule has 10 heteroatoms. The fourth-order valence-electron chi connectivity index (χ4n) is 3.34. The number of nitrogens with zero attached hydrogens (tertiary/aromatic N) is 2. The van der Waals surface area contributed by atoms with Crippen LogP contribution in [0.5, 0.6) is 0 Å². The first kappa shape index (κ1) is 23.8. The Kier molecular flexibility index (Phi) is 6.90. The monoisotopic (exact) mass is 501 g/mol. The van der Waals surface area contributed by atoms with E-state index in [9.17, 15) is 22.8 Å². The van der Waals surface area contributed by atoms with E-state index in [1.165, 1.54) is 28.0 Å². The van der Waals surface area contributed by atoms with Gasteiger partial charge in [-0.3, -0.25) is 14.2 Å². The Morgan fingerprint density at radius 2 is 1.94 bits per heavy atom. The lowest BCUT2D eigenvalue weighted by Gasteiger charge is -2.12. The highest BCUT2D eigenvalue weighted by Gasteiger charge is 2.30. The number of amides is 1. The molecule has 2 aromatic carbocycles. The molecular formula is C24H18F3N3O2S2. The van der Waals surface area contributed by atoms with Crippen molar-refractivity contribution in [2.24, 2.45) is 0 Å². The minimum absolute atomic E-state index is 0.0399. The number of alkyl halides is 3. The van der Waals surface area contributed by atoms with Crippen molar-refractivity contribution < 1.29 is 18.0 Å². The molecular weight excluding hydrogens is 483 g/mol. The van der Waals surface area contributed by atoms with E-state index in [-0.39, 0.29) is 23.5 Å². The van der Waals surface area contributed by atoms with Crippen molar-refractivity contribution in [3.63, 3.8) is 0 Å². The van der Waals surface area contributed by atoms with Gasteiger partial charge in [0.25, 0.3) is 5.56 Å². The highest BCUT2D eigenvalue weighted by Crippen LogP contribution is 2.33. The van der Waals surface area contributed by atoms with E-state index < -0.39 is 17.6 Å². The van der Waals surface area contributed by atoms with E-state index >= 15 is 0 Å². The second-order valence-electron chi connectivity index (χ2n) is 7.21. The van der Waals surface area contributed by atoms with Gasteiger partial charge in [-0.2, -0.15) is 13.2 Å². The van der Waals surface area contributed by atoms with Crippen molar-refractivity contribution in [3.05, 3.63) is 88.5 Å². The van der Waals surface area contributed by atoms with Crippen molar-refractivity contribution in [2.45, 2.75) is 17.9 Å². The topological polar surface area (TPSA) is 64.0 Å². The van der Waals surface area contributed by atoms with Gasteiger partial charge >= 0.3 is 6.18 Å². The van der Waals surface area contributed by atoms with E-state index in [2.05, 4.69) is 16.9 Å². The first-order valence-corrected chi connectivity index (χ1v) is 11.9. The predicted octanol–water partition coefficient (Wildman–Crippen LogP) is 6.06. The van der Waals surface area contributed by atoms with Crippen molar-refractivity contribution in [2.75, 3.05) is 11.1 Å². The summed E-state index contributed by atoms with van der Waals surface area (Å²) in [5.74, 6) is -0.651. The molecule has 1 N–H and O–H groups in total. The molecule has 0 atom stereocenters. The summed E-state index contributed by atoms with van der Waals surface area (Å²) in [7, 11) is 0. The Morgan fingerprint density at radius 1 is 1.18 bits per heavy atom. The summed E-state index contributed by atoms with van der Waals surface area (Å²) in [6, 6.07) is 13.9. The molecule has 0 spiro atoms. The lowest BCUT2D eigenvalue weighted by atomic mass is 10.1. The Hall–Kier alpha value is -3.37. The number of allylic oxidation sites excluding steroid dienone is 1. The third-order valence-corrected chi connectivity index (χ3v) is 6.71. The first-order valence-electron chi connectivity index (χ1n) is 10.1. The number of anilines is 1. The predicted molar refractivity (Wildman–Crippen MR) is 130 cm³/mol. The summed E-state index contributed by atoms with van der Waals surface area (Å²) in [5.41, 5.74) is 0.633. The van der Waals surface area contributed by atoms with Crippen LogP contribution in [-0.2, 0) is 17.5 Å². The molecule has 0 bridgehead atoms. The standard InChI is InChI=1S/C24H18F3N3O2S2/c1-2-11-30-22(32)20-18(15-7-4-3-5-8-15)13-33-21(20)29-23(30)34-14-19(31)28-17-10-6-9-16(12-17)24(25,26)27/h2-10,12-13H,1,11,14H2,(H,28,31). The zero-order valence-corrected chi connectivity index (χ0v) is 19.3. The largest absolute Gasteiger partial charge is 0.416 e. The molecule has 0 aliphatic heterocycles. The highest BCUT2D eigenvalue weighted by molar-refractivity contribution is 7.99. The van der Waals surface area contributed by atoms with E-state index in [1.807, 2.05) is 35.7 Å². The van der Waals surface area contributed by atoms with Crippen molar-refractivity contribution >= 4 is 44.9 Å². The number of aromatic nitrogens is 2. The molecule has 0 saturated carbocycles. The van der Waals surface area contributed by atoms with Gasteiger partial charge in [0.05, 0.1) is 16.7 Å². The van der Waals surface area contributed by atoms with Gasteiger partial charge in [-0.15, -0.1) is 17.9 Å². The Labute approximate surface area is 201 Å². The maximum Gasteiger partial charge on any atom is 0.416 e. The Morgan fingerprint density at radius 3 is 2.65 bits per heavy atom. The molecule has 2 heterocycles. The minimum atomic E-state index is -4.51. The SMILES string of the molecule is C=CCn1c(SCC(=O)Nc2cccc(C(F)(F)F)c2)nc2scc(-c3ccccc3)c2c1=O. The van der Waals surface area contributed by atoms with E-state index in [4.69, 9.17) is 0 Å². The third kappa shape index (κ3) is 5.07. The Bertz CT molecular complexity index is 1410. The number of hydrogen-bond acceptors (Lipinski definition) is 5. The second-order valence-corrected chi connectivity index (χ2v) is 9.01. The van der Waals surface area contributed by atoms with Crippen molar-refractivity contribution in [3.8, 4) is 11.1 Å². The van der Waals surface area contributed by atoms with Crippen molar-refractivity contribution in [1.29, 1.82) is 0 Å². The van der Waals surface area contributed by atoms with Gasteiger partial charge in [-0.1, -0.05) is 54.2 Å². The minimum Gasteiger partial charge on any atom is -0.325 e. The fraction of sp³-hybridized carbons (Fsp3) is 0.125. The molecule has 0 aliphatic carbocycles. The molecule has 0 unspecified atom stereocenters. The molecule has 0 saturated heterocycles. The van der Waals surface area contributed by atoms with Gasteiger partial charge < -0.3 is 5.32 Å². The number of fused-ring (bicyclic) bond motifs is 1. The maximum atomic E-state index is 13.3. The number of benzene rings is 2. The average molecular weight is 502 g/mol. The summed E-state index contributed by atoms with van der Waals surface area (Å²) in [4.78, 5) is 30.9. The summed E-state index contributed by atoms with van der Waals surface area (Å²) in [5, 5.41) is 5.17. The number of halogens is 3. The van der Waals surface area contributed by atoms with E-state index in [0.29, 0.717) is 15.4 Å². The summed E-state index contributed by atoms with van der Waals surface area (Å²) in [6.45, 7) is 3.90. The van der Waals surface area contributed by atoms with E-state index in [0.717, 1.165) is 35.0 Å². The number of hydrogen-bond donors (Lipinski definition) is 1. The molecule has 34 heavy (non-hydrogen) atoms. The normalized spacial score (nSPS) is 11.5. The van der Waals surface area contributed by atoms with Crippen LogP contribution >= 0.6 is 23.1 Å². The number of nitrogens with one attached hydrogen (secondary N) is 1. The van der Waals surface area contributed by atoms with Gasteiger partial charge in [0, 0.05) is 23.2 Å².